The Bertz CT molecular complexity index is 1530. The van der Waals surface area contributed by atoms with Crippen LogP contribution in [0.4, 0.5) is 11.8 Å². The number of ether oxygens (including phenoxy) is 1. The van der Waals surface area contributed by atoms with Gasteiger partial charge in [-0.15, -0.1) is 0 Å². The van der Waals surface area contributed by atoms with Gasteiger partial charge in [0.1, 0.15) is 11.9 Å². The molecule has 3 aromatic rings. The number of anilines is 2. The van der Waals surface area contributed by atoms with Crippen molar-refractivity contribution in [2.75, 3.05) is 37.5 Å². The summed E-state index contributed by atoms with van der Waals surface area (Å²) in [5, 5.41) is 25.0. The molecule has 1 aliphatic heterocycles. The van der Waals surface area contributed by atoms with E-state index >= 15 is 0 Å². The number of rotatable bonds is 12. The van der Waals surface area contributed by atoms with E-state index in [0.717, 1.165) is 5.56 Å². The molecule has 1 aromatic carbocycles. The van der Waals surface area contributed by atoms with E-state index in [1.54, 1.807) is 18.2 Å². The molecule has 1 aliphatic rings. The highest BCUT2D eigenvalue weighted by molar-refractivity contribution is 7.72. The average molecular weight is 634 g/mol. The van der Waals surface area contributed by atoms with Crippen molar-refractivity contribution in [1.82, 2.24) is 20.3 Å². The van der Waals surface area contributed by atoms with Crippen LogP contribution in [0.15, 0.2) is 41.4 Å². The number of aliphatic hydroxyl groups is 1. The Balaban J connectivity index is 1.54. The lowest BCUT2D eigenvalue weighted by atomic mass is 9.97. The molecule has 3 heterocycles. The van der Waals surface area contributed by atoms with Crippen LogP contribution in [0.25, 0.3) is 11.3 Å². The molecule has 0 amide bonds. The van der Waals surface area contributed by atoms with Gasteiger partial charge in [0.2, 0.25) is 5.95 Å². The number of aliphatic carboxylic acids is 1. The average Bonchev–Trinajstić information content (AvgIpc) is 3.00. The van der Waals surface area contributed by atoms with E-state index in [2.05, 4.69) is 25.6 Å². The van der Waals surface area contributed by atoms with Crippen LogP contribution in [-0.4, -0.2) is 78.9 Å². The summed E-state index contributed by atoms with van der Waals surface area (Å²) in [6, 6.07) is 7.03. The molecule has 232 valence electrons. The van der Waals surface area contributed by atoms with Gasteiger partial charge in [-0.1, -0.05) is 29.8 Å². The molecular formula is C28H36ClN7O6S. The predicted molar refractivity (Wildman–Crippen MR) is 163 cm³/mol. The van der Waals surface area contributed by atoms with Gasteiger partial charge in [-0.3, -0.25) is 4.79 Å². The highest BCUT2D eigenvalue weighted by Gasteiger charge is 2.28. The third-order valence-electron chi connectivity index (χ3n) is 7.16. The Hall–Kier alpha value is -3.40. The molecule has 1 saturated heterocycles. The number of benzene rings is 1. The normalized spacial score (nSPS) is 18.3. The second-order valence-electron chi connectivity index (χ2n) is 10.5. The first-order valence-electron chi connectivity index (χ1n) is 13.7. The number of nitrogens with one attached hydrogen (secondary N) is 2. The first-order chi connectivity index (χ1) is 20.5. The molecule has 43 heavy (non-hydrogen) atoms. The van der Waals surface area contributed by atoms with E-state index in [-0.39, 0.29) is 35.2 Å². The SMILES string of the molecule is C[C@@H](NCc1ccc(-c2nc(NC3CCOC(c4ccc([C@H](N)CO)nc4N(C)C)C3)ncc2Cl)cc1[SH](=O)=O)C(=O)O. The number of thiol groups is 1. The minimum atomic E-state index is -2.97. The molecule has 0 bridgehead atoms. The van der Waals surface area contributed by atoms with Gasteiger partial charge in [-0.05, 0) is 37.5 Å². The van der Waals surface area contributed by atoms with Gasteiger partial charge in [-0.25, -0.2) is 23.4 Å². The Morgan fingerprint density at radius 1 is 1.26 bits per heavy atom. The zero-order valence-electron chi connectivity index (χ0n) is 24.0. The monoisotopic (exact) mass is 633 g/mol. The van der Waals surface area contributed by atoms with E-state index in [1.165, 1.54) is 19.2 Å². The standard InChI is InChI=1S/C28H36ClN7O6S/c1-15(27(38)39)31-12-17-5-4-16(10-24(17)43(40)41)25-20(29)13-32-28(35-25)33-18-8-9-42-23(11-18)19-6-7-22(21(30)14-37)34-26(19)36(2)3/h4-7,10,13,15,18,21,23,31,37,43H,8-9,11-12,14,30H2,1-3H3,(H,38,39)(H,32,33,35)/t15-,18?,21-,23?/m1/s1. The number of nitrogens with two attached hydrogens (primary N) is 1. The van der Waals surface area contributed by atoms with Crippen molar-refractivity contribution in [3.63, 3.8) is 0 Å². The lowest BCUT2D eigenvalue weighted by Gasteiger charge is -2.32. The van der Waals surface area contributed by atoms with Crippen molar-refractivity contribution >= 4 is 40.0 Å². The summed E-state index contributed by atoms with van der Waals surface area (Å²) < 4.78 is 30.2. The van der Waals surface area contributed by atoms with Crippen LogP contribution in [0, 0.1) is 0 Å². The number of hydrogen-bond donors (Lipinski definition) is 6. The highest BCUT2D eigenvalue weighted by atomic mass is 35.5. The van der Waals surface area contributed by atoms with Crippen molar-refractivity contribution in [3.8, 4) is 11.3 Å². The Morgan fingerprint density at radius 2 is 2.02 bits per heavy atom. The van der Waals surface area contributed by atoms with Crippen molar-refractivity contribution in [2.45, 2.75) is 55.4 Å². The van der Waals surface area contributed by atoms with Gasteiger partial charge in [-0.2, -0.15) is 0 Å². The van der Waals surface area contributed by atoms with E-state index < -0.39 is 28.8 Å². The van der Waals surface area contributed by atoms with Gasteiger partial charge < -0.3 is 36.2 Å². The summed E-state index contributed by atoms with van der Waals surface area (Å²) in [5.74, 6) is -0.00107. The molecule has 0 saturated carbocycles. The topological polar surface area (TPSA) is 193 Å². The molecule has 0 aliphatic carbocycles. The molecule has 0 radical (unpaired) electrons. The maximum atomic E-state index is 12.1. The number of aromatic nitrogens is 3. The van der Waals surface area contributed by atoms with Gasteiger partial charge in [0.25, 0.3) is 0 Å². The number of aliphatic hydroxyl groups excluding tert-OH is 1. The molecule has 0 spiro atoms. The van der Waals surface area contributed by atoms with Crippen molar-refractivity contribution in [3.05, 3.63) is 58.4 Å². The van der Waals surface area contributed by atoms with Crippen LogP contribution in [-0.2, 0) is 26.8 Å². The zero-order chi connectivity index (χ0) is 31.3. The Kier molecular flexibility index (Phi) is 10.9. The summed E-state index contributed by atoms with van der Waals surface area (Å²) >= 11 is 6.44. The largest absolute Gasteiger partial charge is 0.480 e. The highest BCUT2D eigenvalue weighted by Crippen LogP contribution is 2.35. The van der Waals surface area contributed by atoms with E-state index in [0.29, 0.717) is 53.7 Å². The number of carbonyl (C=O) groups is 1. The maximum absolute atomic E-state index is 12.1. The van der Waals surface area contributed by atoms with Crippen LogP contribution in [0.5, 0.6) is 0 Å². The minimum Gasteiger partial charge on any atom is -0.480 e. The minimum absolute atomic E-state index is 0.0430. The number of nitrogens with zero attached hydrogens (tertiary/aromatic N) is 4. The number of halogens is 1. The van der Waals surface area contributed by atoms with Crippen LogP contribution >= 0.6 is 11.6 Å². The summed E-state index contributed by atoms with van der Waals surface area (Å²) in [5.41, 5.74) is 8.74. The fourth-order valence-corrected chi connectivity index (χ4v) is 5.56. The summed E-state index contributed by atoms with van der Waals surface area (Å²) in [4.78, 5) is 26.7. The van der Waals surface area contributed by atoms with Gasteiger partial charge >= 0.3 is 5.97 Å². The second kappa shape index (κ2) is 14.4. The van der Waals surface area contributed by atoms with Crippen LogP contribution in [0.3, 0.4) is 0 Å². The quantitative estimate of drug-likeness (QED) is 0.159. The maximum Gasteiger partial charge on any atom is 0.320 e. The number of hydrogen-bond acceptors (Lipinski definition) is 12. The lowest BCUT2D eigenvalue weighted by molar-refractivity contribution is -0.139. The molecule has 4 atom stereocenters. The molecule has 2 unspecified atom stereocenters. The molecule has 1 fully saturated rings. The van der Waals surface area contributed by atoms with E-state index in [1.807, 2.05) is 25.1 Å². The van der Waals surface area contributed by atoms with Crippen molar-refractivity contribution in [1.29, 1.82) is 0 Å². The first kappa shape index (κ1) is 32.5. The fraction of sp³-hybridized carbons (Fsp3) is 0.429. The Morgan fingerprint density at radius 3 is 2.70 bits per heavy atom. The van der Waals surface area contributed by atoms with E-state index in [9.17, 15) is 18.3 Å². The summed E-state index contributed by atoms with van der Waals surface area (Å²) in [6.45, 7) is 1.82. The van der Waals surface area contributed by atoms with E-state index in [4.69, 9.17) is 27.2 Å². The molecule has 13 nitrogen and oxygen atoms in total. The smallest absolute Gasteiger partial charge is 0.320 e. The first-order valence-corrected chi connectivity index (χ1v) is 15.2. The molecule has 6 N–H and O–H groups in total. The van der Waals surface area contributed by atoms with Crippen LogP contribution in [0.1, 0.15) is 48.7 Å². The third kappa shape index (κ3) is 7.96. The van der Waals surface area contributed by atoms with Gasteiger partial charge in [0.15, 0.2) is 10.7 Å². The lowest BCUT2D eigenvalue weighted by Crippen LogP contribution is -2.33. The summed E-state index contributed by atoms with van der Waals surface area (Å²) in [7, 11) is 0.796. The molecular weight excluding hydrogens is 598 g/mol. The summed E-state index contributed by atoms with van der Waals surface area (Å²) in [6.07, 6.45) is 2.50. The zero-order valence-corrected chi connectivity index (χ0v) is 25.7. The second-order valence-corrected chi connectivity index (χ2v) is 11.9. The predicted octanol–water partition coefficient (Wildman–Crippen LogP) is 2.12. The molecule has 2 aromatic heterocycles. The third-order valence-corrected chi connectivity index (χ3v) is 8.25. The number of carboxylic acid groups (broad SMARTS) is 1. The number of pyridine rings is 1. The van der Waals surface area contributed by atoms with Gasteiger partial charge in [0, 0.05) is 44.4 Å². The van der Waals surface area contributed by atoms with Gasteiger partial charge in [0.05, 0.1) is 46.3 Å². The van der Waals surface area contributed by atoms with Crippen molar-refractivity contribution < 1.29 is 28.2 Å². The molecule has 15 heteroatoms. The van der Waals surface area contributed by atoms with Crippen LogP contribution in [0.2, 0.25) is 5.02 Å². The fourth-order valence-electron chi connectivity index (χ4n) is 4.73. The van der Waals surface area contributed by atoms with Crippen molar-refractivity contribution in [2.24, 2.45) is 5.73 Å². The molecule has 4 rings (SSSR count). The van der Waals surface area contributed by atoms with Crippen LogP contribution < -0.4 is 21.3 Å². The Labute approximate surface area is 256 Å². The number of carboxylic acids is 1.